The molecule has 0 saturated carbocycles. The Bertz CT molecular complexity index is 270. The van der Waals surface area contributed by atoms with Gasteiger partial charge in [-0.3, -0.25) is 0 Å². The number of aliphatic hydroxyl groups excluding tert-OH is 2. The summed E-state index contributed by atoms with van der Waals surface area (Å²) >= 11 is 0. The van der Waals surface area contributed by atoms with Crippen LogP contribution in [0.2, 0.25) is 0 Å². The molecule has 1 rings (SSSR count). The first-order valence-electron chi connectivity index (χ1n) is 5.14. The van der Waals surface area contributed by atoms with Crippen LogP contribution in [0.15, 0.2) is 0 Å². The molecule has 0 bridgehead atoms. The smallest absolute Gasteiger partial charge is 0.187 e. The predicted molar refractivity (Wildman–Crippen MR) is 54.4 cm³/mol. The number of aliphatic hydroxyl groups is 5. The Kier molecular flexibility index (Phi) is 3.13. The van der Waals surface area contributed by atoms with E-state index < -0.39 is 35.3 Å². The van der Waals surface area contributed by atoms with E-state index in [-0.39, 0.29) is 0 Å². The van der Waals surface area contributed by atoms with Crippen molar-refractivity contribution in [3.63, 3.8) is 0 Å². The number of hydrogen-bond donors (Lipinski definition) is 5. The molecule has 96 valence electrons. The lowest BCUT2D eigenvalue weighted by molar-refractivity contribution is -0.205. The monoisotopic (exact) mass is 236 g/mol. The Balaban J connectivity index is 3.11. The van der Waals surface area contributed by atoms with Gasteiger partial charge in [0.15, 0.2) is 6.29 Å². The van der Waals surface area contributed by atoms with Crippen molar-refractivity contribution in [1.29, 1.82) is 0 Å². The zero-order valence-electron chi connectivity index (χ0n) is 9.88. The fraction of sp³-hybridized carbons (Fsp3) is 1.00. The number of rotatable bonds is 2. The second-order valence-corrected chi connectivity index (χ2v) is 5.07. The molecule has 1 saturated heterocycles. The fourth-order valence-electron chi connectivity index (χ4n) is 1.84. The van der Waals surface area contributed by atoms with E-state index in [1.54, 1.807) is 0 Å². The van der Waals surface area contributed by atoms with E-state index in [1.807, 2.05) is 0 Å². The van der Waals surface area contributed by atoms with Gasteiger partial charge in [-0.25, -0.2) is 0 Å². The van der Waals surface area contributed by atoms with Crippen LogP contribution in [0.4, 0.5) is 0 Å². The van der Waals surface area contributed by atoms with Crippen LogP contribution in [0, 0.1) is 0 Å². The van der Waals surface area contributed by atoms with Gasteiger partial charge in [0.2, 0.25) is 0 Å². The Morgan fingerprint density at radius 1 is 1.25 bits per heavy atom. The molecule has 6 nitrogen and oxygen atoms in total. The summed E-state index contributed by atoms with van der Waals surface area (Å²) in [6.07, 6.45) is -4.12. The maximum atomic E-state index is 10.1. The van der Waals surface area contributed by atoms with Crippen LogP contribution in [0.1, 0.15) is 27.7 Å². The van der Waals surface area contributed by atoms with Crippen LogP contribution < -0.4 is 0 Å². The molecule has 0 aromatic rings. The van der Waals surface area contributed by atoms with Crippen LogP contribution in [0.3, 0.4) is 0 Å². The molecule has 1 heterocycles. The topological polar surface area (TPSA) is 110 Å². The van der Waals surface area contributed by atoms with E-state index in [1.165, 1.54) is 27.7 Å². The summed E-state index contributed by atoms with van der Waals surface area (Å²) in [7, 11) is 0. The van der Waals surface area contributed by atoms with Crippen molar-refractivity contribution in [2.24, 2.45) is 0 Å². The minimum Gasteiger partial charge on any atom is -0.390 e. The van der Waals surface area contributed by atoms with Crippen LogP contribution >= 0.6 is 0 Å². The van der Waals surface area contributed by atoms with Gasteiger partial charge < -0.3 is 30.3 Å². The van der Waals surface area contributed by atoms with Crippen molar-refractivity contribution in [3.8, 4) is 0 Å². The molecule has 1 unspecified atom stereocenters. The standard InChI is InChI=1S/C10H20O6/c1-5(11)8(2,13)6-9(3,14)10(4,15)7(12)16-6/h5-7,11-15H,1-4H3/t5?,6-,7-,8+,9-,10-/m0/s1. The van der Waals surface area contributed by atoms with Gasteiger partial charge in [0.1, 0.15) is 22.9 Å². The Morgan fingerprint density at radius 2 is 1.69 bits per heavy atom. The van der Waals surface area contributed by atoms with Crippen molar-refractivity contribution in [1.82, 2.24) is 0 Å². The van der Waals surface area contributed by atoms with Gasteiger partial charge in [-0.15, -0.1) is 0 Å². The molecule has 5 N–H and O–H groups in total. The maximum absolute atomic E-state index is 10.1. The molecule has 1 aliphatic rings. The maximum Gasteiger partial charge on any atom is 0.187 e. The van der Waals surface area contributed by atoms with Crippen molar-refractivity contribution < 1.29 is 30.3 Å². The van der Waals surface area contributed by atoms with Crippen LogP contribution in [0.25, 0.3) is 0 Å². The van der Waals surface area contributed by atoms with Gasteiger partial charge in [-0.1, -0.05) is 0 Å². The third-order valence-corrected chi connectivity index (χ3v) is 3.66. The van der Waals surface area contributed by atoms with Gasteiger partial charge in [0, 0.05) is 0 Å². The molecular formula is C10H20O6. The minimum atomic E-state index is -1.92. The first-order chi connectivity index (χ1) is 6.95. The van der Waals surface area contributed by atoms with Crippen LogP contribution in [0.5, 0.6) is 0 Å². The second-order valence-electron chi connectivity index (χ2n) is 5.07. The van der Waals surface area contributed by atoms with Gasteiger partial charge in [0.05, 0.1) is 6.10 Å². The zero-order chi connectivity index (χ0) is 12.9. The summed E-state index contributed by atoms with van der Waals surface area (Å²) in [6, 6.07) is 0. The summed E-state index contributed by atoms with van der Waals surface area (Å²) in [5, 5.41) is 48.9. The Morgan fingerprint density at radius 3 is 1.94 bits per heavy atom. The first-order valence-corrected chi connectivity index (χ1v) is 5.14. The van der Waals surface area contributed by atoms with Crippen molar-refractivity contribution >= 4 is 0 Å². The average molecular weight is 236 g/mol. The molecule has 6 atom stereocenters. The lowest BCUT2D eigenvalue weighted by Crippen LogP contribution is -2.63. The Hall–Kier alpha value is -0.240. The van der Waals surface area contributed by atoms with E-state index in [0.717, 1.165) is 0 Å². The summed E-state index contributed by atoms with van der Waals surface area (Å²) in [4.78, 5) is 0. The lowest BCUT2D eigenvalue weighted by atomic mass is 9.76. The van der Waals surface area contributed by atoms with E-state index in [4.69, 9.17) is 4.74 Å². The highest BCUT2D eigenvalue weighted by atomic mass is 16.7. The molecule has 1 aliphatic heterocycles. The minimum absolute atomic E-state index is 1.19. The summed E-state index contributed by atoms with van der Waals surface area (Å²) < 4.78 is 4.96. The highest BCUT2D eigenvalue weighted by Crippen LogP contribution is 2.43. The van der Waals surface area contributed by atoms with Gasteiger partial charge in [0.25, 0.3) is 0 Å². The summed E-state index contributed by atoms with van der Waals surface area (Å²) in [5.41, 5.74) is -5.59. The van der Waals surface area contributed by atoms with E-state index in [0.29, 0.717) is 0 Å². The van der Waals surface area contributed by atoms with E-state index in [9.17, 15) is 25.5 Å². The lowest BCUT2D eigenvalue weighted by Gasteiger charge is -2.41. The number of hydrogen-bond acceptors (Lipinski definition) is 6. The highest BCUT2D eigenvalue weighted by Gasteiger charge is 2.65. The largest absolute Gasteiger partial charge is 0.390 e. The normalized spacial score (nSPS) is 50.1. The molecule has 16 heavy (non-hydrogen) atoms. The third kappa shape index (κ3) is 1.66. The van der Waals surface area contributed by atoms with E-state index >= 15 is 0 Å². The van der Waals surface area contributed by atoms with Crippen LogP contribution in [-0.2, 0) is 4.74 Å². The highest BCUT2D eigenvalue weighted by molar-refractivity contribution is 5.12. The molecule has 0 aromatic carbocycles. The first kappa shape index (κ1) is 13.8. The molecule has 0 spiro atoms. The third-order valence-electron chi connectivity index (χ3n) is 3.66. The Labute approximate surface area is 94.1 Å². The van der Waals surface area contributed by atoms with Gasteiger partial charge >= 0.3 is 0 Å². The molecule has 0 aromatic heterocycles. The quantitative estimate of drug-likeness (QED) is 0.392. The van der Waals surface area contributed by atoms with Crippen molar-refractivity contribution in [2.75, 3.05) is 0 Å². The number of ether oxygens (including phenoxy) is 1. The molecular weight excluding hydrogens is 216 g/mol. The molecule has 1 fully saturated rings. The summed E-state index contributed by atoms with van der Waals surface area (Å²) in [6.45, 7) is 5.05. The van der Waals surface area contributed by atoms with Crippen LogP contribution in [-0.4, -0.2) is 60.8 Å². The predicted octanol–water partition coefficient (Wildman–Crippen LogP) is -1.66. The average Bonchev–Trinajstić information content (AvgIpc) is 2.26. The fourth-order valence-corrected chi connectivity index (χ4v) is 1.84. The van der Waals surface area contributed by atoms with Gasteiger partial charge in [-0.2, -0.15) is 0 Å². The summed E-state index contributed by atoms with van der Waals surface area (Å²) in [5.74, 6) is 0. The van der Waals surface area contributed by atoms with E-state index in [2.05, 4.69) is 0 Å². The molecule has 0 aliphatic carbocycles. The van der Waals surface area contributed by atoms with Crippen molar-refractivity contribution in [3.05, 3.63) is 0 Å². The van der Waals surface area contributed by atoms with Crippen molar-refractivity contribution in [2.45, 2.75) is 63.0 Å². The molecule has 0 amide bonds. The second kappa shape index (κ2) is 3.63. The molecule has 6 heteroatoms. The zero-order valence-corrected chi connectivity index (χ0v) is 9.88. The SMILES string of the molecule is CC(O)[C@@](C)(O)[C@@H]1O[C@H](O)[C@](C)(O)[C@@]1(C)O. The van der Waals surface area contributed by atoms with Gasteiger partial charge in [-0.05, 0) is 27.7 Å². The molecule has 0 radical (unpaired) electrons.